The molecule has 0 N–H and O–H groups in total. The first-order valence-electron chi connectivity index (χ1n) is 11.0. The maximum Gasteiger partial charge on any atom is 0.387 e. The summed E-state index contributed by atoms with van der Waals surface area (Å²) < 4.78 is 37.7. The third kappa shape index (κ3) is 3.63. The van der Waals surface area contributed by atoms with Gasteiger partial charge in [0, 0.05) is 49.2 Å². The molecule has 34 heavy (non-hydrogen) atoms. The molecule has 2 aliphatic heterocycles. The summed E-state index contributed by atoms with van der Waals surface area (Å²) in [5.74, 6) is 0.864. The van der Waals surface area contributed by atoms with Gasteiger partial charge in [-0.1, -0.05) is 18.2 Å². The van der Waals surface area contributed by atoms with E-state index in [0.717, 1.165) is 43.3 Å². The third-order valence-electron chi connectivity index (χ3n) is 6.44. The number of imidazole rings is 1. The number of benzene rings is 1. The van der Waals surface area contributed by atoms with Crippen molar-refractivity contribution >= 4 is 11.6 Å². The number of aryl methyl sites for hydroxylation is 1. The second kappa shape index (κ2) is 7.98. The lowest BCUT2D eigenvalue weighted by Gasteiger charge is -2.54. The highest BCUT2D eigenvalue weighted by Crippen LogP contribution is 2.39. The van der Waals surface area contributed by atoms with E-state index in [-0.39, 0.29) is 5.75 Å². The number of alkyl halides is 2. The molecular weight excluding hydrogens is 442 g/mol. The van der Waals surface area contributed by atoms with Crippen molar-refractivity contribution < 1.29 is 18.3 Å². The highest BCUT2D eigenvalue weighted by Gasteiger charge is 2.49. The molecule has 8 nitrogen and oxygen atoms in total. The summed E-state index contributed by atoms with van der Waals surface area (Å²) in [6.45, 7) is 2.49. The summed E-state index contributed by atoms with van der Waals surface area (Å²) in [4.78, 5) is 20.3. The van der Waals surface area contributed by atoms with E-state index in [1.54, 1.807) is 42.9 Å². The minimum atomic E-state index is -2.88. The molecule has 0 radical (unpaired) electrons. The molecule has 0 aliphatic carbocycles. The fraction of sp³-hybridized carbons (Fsp3) is 0.333. The predicted octanol–water partition coefficient (Wildman–Crippen LogP) is 3.52. The second-order valence-electron chi connectivity index (χ2n) is 8.93. The van der Waals surface area contributed by atoms with Gasteiger partial charge in [0.2, 0.25) is 5.95 Å². The Bertz CT molecular complexity index is 1350. The zero-order valence-electron chi connectivity index (χ0n) is 18.5. The lowest BCUT2D eigenvalue weighted by Crippen LogP contribution is -2.66. The van der Waals surface area contributed by atoms with Gasteiger partial charge in [0.05, 0.1) is 41.9 Å². The number of anilines is 1. The first-order valence-corrected chi connectivity index (χ1v) is 11.0. The average molecular weight is 464 g/mol. The van der Waals surface area contributed by atoms with Gasteiger partial charge < -0.3 is 14.4 Å². The molecule has 6 rings (SSSR count). The molecule has 0 unspecified atom stereocenters. The molecule has 10 heteroatoms. The van der Waals surface area contributed by atoms with Crippen LogP contribution in [0.2, 0.25) is 0 Å². The Hall–Kier alpha value is -3.66. The zero-order chi connectivity index (χ0) is 23.3. The van der Waals surface area contributed by atoms with Gasteiger partial charge in [-0.3, -0.25) is 9.38 Å². The normalized spacial score (nSPS) is 16.6. The number of hydrogen-bond donors (Lipinski definition) is 0. The third-order valence-corrected chi connectivity index (χ3v) is 6.44. The molecule has 4 aromatic rings. The SMILES string of the molecule is Cc1nc2cnc(-c3cnc(N4CC5(COC5)C4)nc3)cn2c1Cc1ccccc1OC(F)F. The largest absolute Gasteiger partial charge is 0.435 e. The molecule has 174 valence electrons. The maximum absolute atomic E-state index is 12.8. The Morgan fingerprint density at radius 3 is 2.56 bits per heavy atom. The number of hydrogen-bond acceptors (Lipinski definition) is 7. The summed E-state index contributed by atoms with van der Waals surface area (Å²) in [5.41, 5.74) is 4.77. The summed E-state index contributed by atoms with van der Waals surface area (Å²) in [7, 11) is 0. The van der Waals surface area contributed by atoms with Gasteiger partial charge in [0.15, 0.2) is 5.65 Å². The Morgan fingerprint density at radius 1 is 1.09 bits per heavy atom. The molecule has 1 spiro atoms. The maximum atomic E-state index is 12.8. The molecule has 0 atom stereocenters. The average Bonchev–Trinajstić information content (AvgIpc) is 3.08. The van der Waals surface area contributed by atoms with Crippen molar-refractivity contribution in [1.82, 2.24) is 24.3 Å². The van der Waals surface area contributed by atoms with Crippen molar-refractivity contribution in [3.63, 3.8) is 0 Å². The Balaban J connectivity index is 1.28. The smallest absolute Gasteiger partial charge is 0.387 e. The number of nitrogens with zero attached hydrogens (tertiary/aromatic N) is 6. The van der Waals surface area contributed by atoms with E-state index in [0.29, 0.717) is 34.7 Å². The van der Waals surface area contributed by atoms with E-state index in [2.05, 4.69) is 24.8 Å². The van der Waals surface area contributed by atoms with Crippen LogP contribution in [0.1, 0.15) is 17.0 Å². The molecule has 5 heterocycles. The van der Waals surface area contributed by atoms with Crippen LogP contribution in [0.15, 0.2) is 49.1 Å². The van der Waals surface area contributed by atoms with Gasteiger partial charge in [-0.25, -0.2) is 15.0 Å². The minimum Gasteiger partial charge on any atom is -0.435 e. The molecular formula is C24H22F2N6O2. The Morgan fingerprint density at radius 2 is 1.85 bits per heavy atom. The van der Waals surface area contributed by atoms with Crippen LogP contribution in [-0.2, 0) is 11.2 Å². The van der Waals surface area contributed by atoms with Crippen LogP contribution in [0.3, 0.4) is 0 Å². The lowest BCUT2D eigenvalue weighted by molar-refractivity contribution is -0.127. The van der Waals surface area contributed by atoms with Gasteiger partial charge in [0.1, 0.15) is 5.75 Å². The molecule has 0 bridgehead atoms. The molecule has 1 aromatic carbocycles. The molecule has 2 aliphatic rings. The van der Waals surface area contributed by atoms with E-state index < -0.39 is 6.61 Å². The van der Waals surface area contributed by atoms with Crippen LogP contribution in [-0.4, -0.2) is 57.3 Å². The van der Waals surface area contributed by atoms with Gasteiger partial charge in [-0.2, -0.15) is 8.78 Å². The molecule has 2 fully saturated rings. The van der Waals surface area contributed by atoms with Crippen LogP contribution in [0.4, 0.5) is 14.7 Å². The number of aromatic nitrogens is 5. The van der Waals surface area contributed by atoms with Crippen molar-refractivity contribution in [3.8, 4) is 17.0 Å². The van der Waals surface area contributed by atoms with Crippen molar-refractivity contribution in [2.45, 2.75) is 20.0 Å². The van der Waals surface area contributed by atoms with Crippen LogP contribution in [0.25, 0.3) is 16.9 Å². The Kier molecular flexibility index (Phi) is 4.91. The van der Waals surface area contributed by atoms with Gasteiger partial charge in [0.25, 0.3) is 0 Å². The highest BCUT2D eigenvalue weighted by atomic mass is 19.3. The fourth-order valence-electron chi connectivity index (χ4n) is 4.62. The lowest BCUT2D eigenvalue weighted by atomic mass is 9.78. The van der Waals surface area contributed by atoms with Crippen LogP contribution in [0, 0.1) is 12.3 Å². The van der Waals surface area contributed by atoms with Crippen LogP contribution >= 0.6 is 0 Å². The van der Waals surface area contributed by atoms with E-state index in [1.165, 1.54) is 0 Å². The molecule has 2 saturated heterocycles. The van der Waals surface area contributed by atoms with Gasteiger partial charge in [-0.05, 0) is 13.0 Å². The van der Waals surface area contributed by atoms with Crippen molar-refractivity contribution in [2.24, 2.45) is 5.41 Å². The molecule has 3 aromatic heterocycles. The van der Waals surface area contributed by atoms with Crippen LogP contribution < -0.4 is 9.64 Å². The summed E-state index contributed by atoms with van der Waals surface area (Å²) in [6.07, 6.45) is 7.50. The van der Waals surface area contributed by atoms with E-state index in [9.17, 15) is 8.78 Å². The van der Waals surface area contributed by atoms with E-state index in [4.69, 9.17) is 9.47 Å². The predicted molar refractivity (Wildman–Crippen MR) is 120 cm³/mol. The fourth-order valence-corrected chi connectivity index (χ4v) is 4.62. The molecule has 0 amide bonds. The van der Waals surface area contributed by atoms with Crippen molar-refractivity contribution in [3.05, 3.63) is 66.0 Å². The number of ether oxygens (including phenoxy) is 2. The van der Waals surface area contributed by atoms with Crippen molar-refractivity contribution in [1.29, 1.82) is 0 Å². The summed E-state index contributed by atoms with van der Waals surface area (Å²) in [5, 5.41) is 0. The standard InChI is InChI=1S/C24H22F2N6O2/c1-15-19(6-16-4-2-3-5-20(16)34-22(25)26)32-10-18(27-9-21(32)30-15)17-7-28-23(29-8-17)31-11-24(12-31)13-33-14-24/h2-5,7-10,22H,6,11-14H2,1H3. The molecule has 0 saturated carbocycles. The topological polar surface area (TPSA) is 77.7 Å². The quantitative estimate of drug-likeness (QED) is 0.432. The summed E-state index contributed by atoms with van der Waals surface area (Å²) in [6, 6.07) is 6.80. The first-order chi connectivity index (χ1) is 16.5. The van der Waals surface area contributed by atoms with E-state index in [1.807, 2.05) is 17.5 Å². The number of rotatable bonds is 6. The second-order valence-corrected chi connectivity index (χ2v) is 8.93. The monoisotopic (exact) mass is 464 g/mol. The zero-order valence-corrected chi connectivity index (χ0v) is 18.5. The minimum absolute atomic E-state index is 0.159. The van der Waals surface area contributed by atoms with E-state index >= 15 is 0 Å². The van der Waals surface area contributed by atoms with Gasteiger partial charge in [-0.15, -0.1) is 0 Å². The van der Waals surface area contributed by atoms with Crippen molar-refractivity contribution in [2.75, 3.05) is 31.2 Å². The summed E-state index contributed by atoms with van der Waals surface area (Å²) >= 11 is 0. The highest BCUT2D eigenvalue weighted by molar-refractivity contribution is 5.59. The van der Waals surface area contributed by atoms with Crippen LogP contribution in [0.5, 0.6) is 5.75 Å². The Labute approximate surface area is 194 Å². The number of fused-ring (bicyclic) bond motifs is 1. The number of halogens is 2. The van der Waals surface area contributed by atoms with Gasteiger partial charge >= 0.3 is 6.61 Å². The first kappa shape index (κ1) is 20.9. The number of para-hydroxylation sites is 1.